The van der Waals surface area contributed by atoms with Crippen LogP contribution < -0.4 is 5.32 Å². The standard InChI is InChI=1S/C28H41N3O3S/c1-2-3-4-5-6-7-8-9-10-11-12-13-14-15-28(32)30-24-16-20-26(21-17-24)35(29)27-22-18-25(19-23-27)31(33)34/h16-23,29H,2-15H2,1H3,(H,30,32). The van der Waals surface area contributed by atoms with E-state index < -0.39 is 15.6 Å². The van der Waals surface area contributed by atoms with E-state index in [0.717, 1.165) is 28.3 Å². The Morgan fingerprint density at radius 2 is 1.20 bits per heavy atom. The predicted octanol–water partition coefficient (Wildman–Crippen LogP) is 8.81. The van der Waals surface area contributed by atoms with Crippen LogP contribution in [0.3, 0.4) is 0 Å². The number of anilines is 1. The zero-order chi connectivity index (χ0) is 25.3. The van der Waals surface area contributed by atoms with Gasteiger partial charge in [0.05, 0.1) is 4.92 Å². The Kier molecular flexibility index (Phi) is 13.9. The lowest BCUT2D eigenvalue weighted by Gasteiger charge is -2.09. The molecule has 0 saturated carbocycles. The van der Waals surface area contributed by atoms with Gasteiger partial charge in [0.1, 0.15) is 0 Å². The number of amides is 1. The number of hydrogen-bond acceptors (Lipinski definition) is 4. The molecular formula is C28H41N3O3S. The van der Waals surface area contributed by atoms with Crippen molar-refractivity contribution in [2.75, 3.05) is 5.32 Å². The monoisotopic (exact) mass is 499 g/mol. The van der Waals surface area contributed by atoms with E-state index in [-0.39, 0.29) is 11.6 Å². The van der Waals surface area contributed by atoms with Gasteiger partial charge in [-0.25, -0.2) is 0 Å². The second-order valence-electron chi connectivity index (χ2n) is 9.12. The lowest BCUT2D eigenvalue weighted by Crippen LogP contribution is -2.11. The van der Waals surface area contributed by atoms with E-state index in [9.17, 15) is 14.9 Å². The summed E-state index contributed by atoms with van der Waals surface area (Å²) in [5, 5.41) is 13.7. The van der Waals surface area contributed by atoms with Crippen LogP contribution in [0.2, 0.25) is 0 Å². The third-order valence-corrected chi connectivity index (χ3v) is 7.65. The molecule has 1 atom stereocenters. The molecule has 2 rings (SSSR count). The summed E-state index contributed by atoms with van der Waals surface area (Å²) in [7, 11) is -0.938. The highest BCUT2D eigenvalue weighted by Crippen LogP contribution is 2.22. The minimum absolute atomic E-state index is 0.0207. The number of rotatable bonds is 18. The van der Waals surface area contributed by atoms with Gasteiger partial charge in [0.15, 0.2) is 0 Å². The molecule has 0 bridgehead atoms. The number of nitrogens with zero attached hydrogens (tertiary/aromatic N) is 1. The summed E-state index contributed by atoms with van der Waals surface area (Å²) in [6.45, 7) is 2.26. The maximum atomic E-state index is 12.2. The molecule has 0 aliphatic rings. The molecule has 2 aromatic carbocycles. The highest BCUT2D eigenvalue weighted by Gasteiger charge is 2.09. The quantitative estimate of drug-likeness (QED) is 0.122. The zero-order valence-electron chi connectivity index (χ0n) is 21.1. The number of nitro groups is 1. The van der Waals surface area contributed by atoms with Crippen LogP contribution in [0.1, 0.15) is 96.8 Å². The molecule has 0 aromatic heterocycles. The molecule has 0 aliphatic carbocycles. The highest BCUT2D eigenvalue weighted by atomic mass is 32.2. The Labute approximate surface area is 213 Å². The molecule has 6 nitrogen and oxygen atoms in total. The van der Waals surface area contributed by atoms with Gasteiger partial charge in [0.2, 0.25) is 5.91 Å². The molecule has 0 saturated heterocycles. The van der Waals surface area contributed by atoms with Crippen molar-refractivity contribution in [3.05, 3.63) is 58.6 Å². The van der Waals surface area contributed by atoms with E-state index in [0.29, 0.717) is 6.42 Å². The molecule has 1 unspecified atom stereocenters. The van der Waals surface area contributed by atoms with Crippen LogP contribution in [0.5, 0.6) is 0 Å². The van der Waals surface area contributed by atoms with Crippen molar-refractivity contribution in [1.29, 1.82) is 4.78 Å². The first-order valence-corrected chi connectivity index (χ1v) is 14.3. The summed E-state index contributed by atoms with van der Waals surface area (Å²) in [6, 6.07) is 13.4. The first-order chi connectivity index (χ1) is 17.0. The number of carbonyl (C=O) groups is 1. The number of non-ortho nitro benzene ring substituents is 1. The smallest absolute Gasteiger partial charge is 0.269 e. The fourth-order valence-electron chi connectivity index (χ4n) is 4.04. The summed E-state index contributed by atoms with van der Waals surface area (Å²) < 4.78 is 8.44. The van der Waals surface area contributed by atoms with Gasteiger partial charge >= 0.3 is 0 Å². The lowest BCUT2D eigenvalue weighted by molar-refractivity contribution is -0.384. The van der Waals surface area contributed by atoms with Gasteiger partial charge in [-0.05, 0) is 53.5 Å². The van der Waals surface area contributed by atoms with Gasteiger partial charge in [0, 0.05) is 34.0 Å². The molecule has 0 radical (unpaired) electrons. The van der Waals surface area contributed by atoms with Gasteiger partial charge in [0.25, 0.3) is 5.69 Å². The average molecular weight is 500 g/mol. The summed E-state index contributed by atoms with van der Waals surface area (Å²) in [4.78, 5) is 24.1. The molecule has 1 amide bonds. The van der Waals surface area contributed by atoms with E-state index >= 15 is 0 Å². The van der Waals surface area contributed by atoms with E-state index in [1.165, 1.54) is 82.8 Å². The molecule has 0 heterocycles. The number of hydrogen-bond donors (Lipinski definition) is 2. The van der Waals surface area contributed by atoms with Crippen molar-refractivity contribution in [2.24, 2.45) is 0 Å². The van der Waals surface area contributed by atoms with Crippen molar-refractivity contribution in [3.63, 3.8) is 0 Å². The molecule has 2 N–H and O–H groups in total. The number of unbranched alkanes of at least 4 members (excludes halogenated alkanes) is 12. The third-order valence-electron chi connectivity index (χ3n) is 6.16. The summed E-state index contributed by atoms with van der Waals surface area (Å²) in [5.74, 6) is 0.0288. The number of carbonyl (C=O) groups excluding carboxylic acids is 1. The Balaban J connectivity index is 1.57. The Morgan fingerprint density at radius 3 is 1.66 bits per heavy atom. The maximum absolute atomic E-state index is 12.2. The topological polar surface area (TPSA) is 96.1 Å². The van der Waals surface area contributed by atoms with Crippen LogP contribution in [-0.4, -0.2) is 10.8 Å². The Hall–Kier alpha value is -2.54. The zero-order valence-corrected chi connectivity index (χ0v) is 21.9. The van der Waals surface area contributed by atoms with Crippen molar-refractivity contribution in [1.82, 2.24) is 0 Å². The van der Waals surface area contributed by atoms with E-state index in [2.05, 4.69) is 12.2 Å². The minimum Gasteiger partial charge on any atom is -0.326 e. The van der Waals surface area contributed by atoms with Crippen LogP contribution in [0, 0.1) is 14.9 Å². The van der Waals surface area contributed by atoms with E-state index in [1.807, 2.05) is 24.3 Å². The second kappa shape index (κ2) is 17.0. The van der Waals surface area contributed by atoms with Gasteiger partial charge < -0.3 is 5.32 Å². The second-order valence-corrected chi connectivity index (χ2v) is 10.7. The van der Waals surface area contributed by atoms with Gasteiger partial charge in [-0.3, -0.25) is 19.7 Å². The van der Waals surface area contributed by atoms with Gasteiger partial charge in [-0.1, -0.05) is 84.0 Å². The Bertz CT molecular complexity index is 914. The van der Waals surface area contributed by atoms with Crippen molar-refractivity contribution in [3.8, 4) is 0 Å². The van der Waals surface area contributed by atoms with Gasteiger partial charge in [-0.2, -0.15) is 0 Å². The predicted molar refractivity (Wildman–Crippen MR) is 145 cm³/mol. The first kappa shape index (κ1) is 28.7. The van der Waals surface area contributed by atoms with Crippen LogP contribution >= 0.6 is 0 Å². The number of nitro benzene ring substituents is 1. The molecule has 35 heavy (non-hydrogen) atoms. The normalized spacial score (nSPS) is 11.8. The summed E-state index contributed by atoms with van der Waals surface area (Å²) >= 11 is 0. The molecule has 2 aromatic rings. The van der Waals surface area contributed by atoms with Crippen LogP contribution in [-0.2, 0) is 15.5 Å². The van der Waals surface area contributed by atoms with Crippen LogP contribution in [0.15, 0.2) is 58.3 Å². The maximum Gasteiger partial charge on any atom is 0.269 e. The van der Waals surface area contributed by atoms with Crippen LogP contribution in [0.4, 0.5) is 11.4 Å². The minimum atomic E-state index is -0.938. The molecule has 0 fully saturated rings. The van der Waals surface area contributed by atoms with Gasteiger partial charge in [-0.15, -0.1) is 0 Å². The molecule has 7 heteroatoms. The lowest BCUT2D eigenvalue weighted by atomic mass is 10.0. The van der Waals surface area contributed by atoms with Crippen LogP contribution in [0.25, 0.3) is 0 Å². The molecule has 0 aliphatic heterocycles. The third kappa shape index (κ3) is 11.6. The van der Waals surface area contributed by atoms with Crippen molar-refractivity contribution in [2.45, 2.75) is 107 Å². The summed E-state index contributed by atoms with van der Waals surface area (Å²) in [6.07, 6.45) is 17.3. The van der Waals surface area contributed by atoms with E-state index in [1.54, 1.807) is 12.1 Å². The fraction of sp³-hybridized carbons (Fsp3) is 0.536. The molecule has 0 spiro atoms. The average Bonchev–Trinajstić information content (AvgIpc) is 2.87. The molecule has 192 valence electrons. The largest absolute Gasteiger partial charge is 0.326 e. The van der Waals surface area contributed by atoms with Crippen molar-refractivity contribution < 1.29 is 9.72 Å². The Morgan fingerprint density at radius 1 is 0.771 bits per heavy atom. The summed E-state index contributed by atoms with van der Waals surface area (Å²) in [5.41, 5.74) is 0.751. The SMILES string of the molecule is CCCCCCCCCCCCCCCC(=O)Nc1ccc(S(=N)c2ccc([N+](=O)[O-])cc2)cc1. The molecular weight excluding hydrogens is 458 g/mol. The first-order valence-electron chi connectivity index (χ1n) is 13.1. The fourth-order valence-corrected chi connectivity index (χ4v) is 5.13. The van der Waals surface area contributed by atoms with Crippen molar-refractivity contribution >= 4 is 28.0 Å². The number of benzene rings is 2. The highest BCUT2D eigenvalue weighted by molar-refractivity contribution is 7.86. The van der Waals surface area contributed by atoms with E-state index in [4.69, 9.17) is 4.78 Å². The number of nitrogens with one attached hydrogen (secondary N) is 2.